The van der Waals surface area contributed by atoms with Crippen LogP contribution in [0.5, 0.6) is 0 Å². The van der Waals surface area contributed by atoms with Gasteiger partial charge in [-0.2, -0.15) is 0 Å². The zero-order valence-electron chi connectivity index (χ0n) is 6.46. The molecule has 0 saturated carbocycles. The van der Waals surface area contributed by atoms with Gasteiger partial charge in [-0.15, -0.1) is 0 Å². The van der Waals surface area contributed by atoms with Gasteiger partial charge < -0.3 is 15.5 Å². The van der Waals surface area contributed by atoms with Crippen molar-refractivity contribution in [3.05, 3.63) is 0 Å². The van der Waals surface area contributed by atoms with Gasteiger partial charge in [-0.3, -0.25) is 0 Å². The van der Waals surface area contributed by atoms with Crippen molar-refractivity contribution in [2.45, 2.75) is 25.6 Å². The molecule has 0 radical (unpaired) electrons. The molecule has 10 heavy (non-hydrogen) atoms. The van der Waals surface area contributed by atoms with Crippen molar-refractivity contribution in [1.82, 2.24) is 5.32 Å². The second-order valence-electron chi connectivity index (χ2n) is 3.49. The zero-order valence-corrected chi connectivity index (χ0v) is 6.46. The number of nitrogens with one attached hydrogen (secondary N) is 1. The molecule has 0 aliphatic carbocycles. The molecule has 0 aromatic rings. The smallest absolute Gasteiger partial charge is 0.0732 e. The maximum atomic E-state index is 9.49. The summed E-state index contributed by atoms with van der Waals surface area (Å²) in [7, 11) is 0. The molecule has 60 valence electrons. The lowest BCUT2D eigenvalue weighted by Gasteiger charge is -2.27. The van der Waals surface area contributed by atoms with E-state index in [0.29, 0.717) is 13.1 Å². The van der Waals surface area contributed by atoms with Crippen molar-refractivity contribution in [2.75, 3.05) is 13.1 Å². The molecule has 1 fully saturated rings. The van der Waals surface area contributed by atoms with Crippen molar-refractivity contribution < 1.29 is 10.2 Å². The second-order valence-corrected chi connectivity index (χ2v) is 3.49. The van der Waals surface area contributed by atoms with Crippen LogP contribution < -0.4 is 5.32 Å². The Morgan fingerprint density at radius 3 is 2.20 bits per heavy atom. The topological polar surface area (TPSA) is 52.5 Å². The third-order valence-corrected chi connectivity index (χ3v) is 2.09. The zero-order chi connectivity index (χ0) is 7.78. The summed E-state index contributed by atoms with van der Waals surface area (Å²) in [6, 6.07) is 0. The van der Waals surface area contributed by atoms with E-state index in [1.807, 2.05) is 0 Å². The van der Waals surface area contributed by atoms with Crippen LogP contribution in [0.1, 0.15) is 13.8 Å². The molecule has 1 heterocycles. The van der Waals surface area contributed by atoms with Gasteiger partial charge in [0.25, 0.3) is 0 Å². The first-order valence-electron chi connectivity index (χ1n) is 3.63. The van der Waals surface area contributed by atoms with Crippen LogP contribution in [-0.2, 0) is 0 Å². The molecule has 2 atom stereocenters. The number of β-amino-alcohol motifs (C(OH)–C–C–N with tert-alkyl or cyclic N) is 1. The fourth-order valence-corrected chi connectivity index (χ4v) is 1.39. The number of rotatable bonds is 1. The molecular formula is C7H15NO2. The van der Waals surface area contributed by atoms with Gasteiger partial charge in [0.2, 0.25) is 0 Å². The maximum Gasteiger partial charge on any atom is 0.0732 e. The number of hydrogen-bond donors (Lipinski definition) is 3. The summed E-state index contributed by atoms with van der Waals surface area (Å²) in [6.45, 7) is 4.78. The van der Waals surface area contributed by atoms with Gasteiger partial charge in [0, 0.05) is 19.0 Å². The summed E-state index contributed by atoms with van der Waals surface area (Å²) in [5, 5.41) is 21.8. The largest absolute Gasteiger partial charge is 0.391 e. The Balaban J connectivity index is 2.55. The average molecular weight is 145 g/mol. The Morgan fingerprint density at radius 1 is 1.40 bits per heavy atom. The number of hydrogen-bond acceptors (Lipinski definition) is 3. The lowest BCUT2D eigenvalue weighted by molar-refractivity contribution is -0.0230. The van der Waals surface area contributed by atoms with Crippen LogP contribution in [0.3, 0.4) is 0 Å². The van der Waals surface area contributed by atoms with Gasteiger partial charge in [0.05, 0.1) is 11.7 Å². The third kappa shape index (κ3) is 1.48. The van der Waals surface area contributed by atoms with Gasteiger partial charge in [-0.1, -0.05) is 0 Å². The summed E-state index contributed by atoms with van der Waals surface area (Å²) >= 11 is 0. The Morgan fingerprint density at radius 2 is 2.00 bits per heavy atom. The summed E-state index contributed by atoms with van der Waals surface area (Å²) in [6.07, 6.45) is -0.389. The van der Waals surface area contributed by atoms with E-state index in [1.54, 1.807) is 13.8 Å². The Labute approximate surface area is 61.1 Å². The first-order valence-corrected chi connectivity index (χ1v) is 3.63. The highest BCUT2D eigenvalue weighted by Crippen LogP contribution is 2.22. The normalized spacial score (nSPS) is 34.8. The van der Waals surface area contributed by atoms with Gasteiger partial charge in [-0.05, 0) is 13.8 Å². The van der Waals surface area contributed by atoms with Crippen molar-refractivity contribution in [3.63, 3.8) is 0 Å². The van der Waals surface area contributed by atoms with E-state index >= 15 is 0 Å². The predicted octanol–water partition coefficient (Wildman–Crippen LogP) is -0.662. The molecule has 0 aromatic heterocycles. The monoisotopic (exact) mass is 145 g/mol. The van der Waals surface area contributed by atoms with Gasteiger partial charge in [-0.25, -0.2) is 0 Å². The predicted molar refractivity (Wildman–Crippen MR) is 38.7 cm³/mol. The molecule has 0 aromatic carbocycles. The molecule has 2 unspecified atom stereocenters. The van der Waals surface area contributed by atoms with E-state index in [4.69, 9.17) is 0 Å². The molecule has 1 aliphatic heterocycles. The van der Waals surface area contributed by atoms with E-state index in [1.165, 1.54) is 0 Å². The quantitative estimate of drug-likeness (QED) is 0.459. The molecular weight excluding hydrogens is 130 g/mol. The molecule has 1 aliphatic rings. The molecule has 1 saturated heterocycles. The fraction of sp³-hybridized carbons (Fsp3) is 1.00. The van der Waals surface area contributed by atoms with Crippen LogP contribution >= 0.6 is 0 Å². The highest BCUT2D eigenvalue weighted by molar-refractivity contribution is 4.90. The Hall–Kier alpha value is -0.120. The molecule has 3 nitrogen and oxygen atoms in total. The molecule has 3 heteroatoms. The van der Waals surface area contributed by atoms with Crippen LogP contribution in [0.25, 0.3) is 0 Å². The van der Waals surface area contributed by atoms with Crippen molar-refractivity contribution in [3.8, 4) is 0 Å². The molecule has 0 spiro atoms. The van der Waals surface area contributed by atoms with Crippen LogP contribution in [0.15, 0.2) is 0 Å². The average Bonchev–Trinajstić information content (AvgIpc) is 2.11. The fourth-order valence-electron chi connectivity index (χ4n) is 1.39. The summed E-state index contributed by atoms with van der Waals surface area (Å²) < 4.78 is 0. The Kier molecular flexibility index (Phi) is 1.99. The minimum Gasteiger partial charge on any atom is -0.391 e. The first-order chi connectivity index (χ1) is 4.52. The summed E-state index contributed by atoms with van der Waals surface area (Å²) in [5.74, 6) is -0.0208. The van der Waals surface area contributed by atoms with E-state index in [2.05, 4.69) is 5.32 Å². The first kappa shape index (κ1) is 7.98. The highest BCUT2D eigenvalue weighted by Gasteiger charge is 2.36. The van der Waals surface area contributed by atoms with Crippen molar-refractivity contribution in [1.29, 1.82) is 0 Å². The Bertz CT molecular complexity index is 119. The van der Waals surface area contributed by atoms with Crippen LogP contribution in [0, 0.1) is 5.92 Å². The van der Waals surface area contributed by atoms with Crippen LogP contribution in [0.2, 0.25) is 0 Å². The third-order valence-electron chi connectivity index (χ3n) is 2.09. The SMILES string of the molecule is CC(C)(O)C1CNCC1O. The van der Waals surface area contributed by atoms with Crippen molar-refractivity contribution in [2.24, 2.45) is 5.92 Å². The van der Waals surface area contributed by atoms with E-state index in [9.17, 15) is 10.2 Å². The van der Waals surface area contributed by atoms with Crippen LogP contribution in [-0.4, -0.2) is 35.0 Å². The number of aliphatic hydroxyl groups is 2. The lowest BCUT2D eigenvalue weighted by atomic mass is 9.89. The van der Waals surface area contributed by atoms with E-state index < -0.39 is 5.60 Å². The van der Waals surface area contributed by atoms with Crippen molar-refractivity contribution >= 4 is 0 Å². The lowest BCUT2D eigenvalue weighted by Crippen LogP contribution is -2.38. The standard InChI is InChI=1S/C7H15NO2/c1-7(2,10)5-3-8-4-6(5)9/h5-6,8-10H,3-4H2,1-2H3. The van der Waals surface area contributed by atoms with E-state index in [0.717, 1.165) is 0 Å². The van der Waals surface area contributed by atoms with Crippen LogP contribution in [0.4, 0.5) is 0 Å². The minimum absolute atomic E-state index is 0.0208. The van der Waals surface area contributed by atoms with Gasteiger partial charge in [0.15, 0.2) is 0 Å². The maximum absolute atomic E-state index is 9.49. The summed E-state index contributed by atoms with van der Waals surface area (Å²) in [5.41, 5.74) is -0.761. The molecule has 0 bridgehead atoms. The molecule has 0 amide bonds. The van der Waals surface area contributed by atoms with E-state index in [-0.39, 0.29) is 12.0 Å². The van der Waals surface area contributed by atoms with Gasteiger partial charge in [0.1, 0.15) is 0 Å². The second kappa shape index (κ2) is 2.49. The van der Waals surface area contributed by atoms with Gasteiger partial charge >= 0.3 is 0 Å². The summed E-state index contributed by atoms with van der Waals surface area (Å²) in [4.78, 5) is 0. The molecule has 3 N–H and O–H groups in total. The number of aliphatic hydroxyl groups excluding tert-OH is 1. The molecule has 1 rings (SSSR count). The highest BCUT2D eigenvalue weighted by atomic mass is 16.3. The minimum atomic E-state index is -0.761.